The van der Waals surface area contributed by atoms with E-state index in [4.69, 9.17) is 9.47 Å². The summed E-state index contributed by atoms with van der Waals surface area (Å²) < 4.78 is 52.1. The Morgan fingerprint density at radius 1 is 1.18 bits per heavy atom. The second-order valence-corrected chi connectivity index (χ2v) is 11.6. The first kappa shape index (κ1) is 25.3. The molecule has 6 rings (SSSR count). The predicted octanol–water partition coefficient (Wildman–Crippen LogP) is 6.61. The van der Waals surface area contributed by atoms with E-state index in [9.17, 15) is 13.2 Å². The monoisotopic (exact) mass is 552 g/mol. The smallest absolute Gasteiger partial charge is 0.401 e. The summed E-state index contributed by atoms with van der Waals surface area (Å²) in [7, 11) is 0. The van der Waals surface area contributed by atoms with Crippen LogP contribution in [-0.4, -0.2) is 42.4 Å². The third kappa shape index (κ3) is 4.69. The highest BCUT2D eigenvalue weighted by Crippen LogP contribution is 2.57. The fourth-order valence-electron chi connectivity index (χ4n) is 5.34. The van der Waals surface area contributed by atoms with Crippen LogP contribution < -0.4 is 10.1 Å². The van der Waals surface area contributed by atoms with Crippen LogP contribution in [-0.2, 0) is 10.2 Å². The van der Waals surface area contributed by atoms with Crippen molar-refractivity contribution in [1.82, 2.24) is 10.3 Å². The highest BCUT2D eigenvalue weighted by molar-refractivity contribution is 8.01. The van der Waals surface area contributed by atoms with Crippen molar-refractivity contribution in [3.63, 3.8) is 0 Å². The molecule has 4 aromatic rings. The molecule has 0 saturated carbocycles. The highest BCUT2D eigenvalue weighted by Gasteiger charge is 2.60. The van der Waals surface area contributed by atoms with E-state index in [1.54, 1.807) is 23.1 Å². The lowest BCUT2D eigenvalue weighted by Gasteiger charge is -2.30. The van der Waals surface area contributed by atoms with E-state index < -0.39 is 30.5 Å². The van der Waals surface area contributed by atoms with Crippen LogP contribution in [0.1, 0.15) is 30.9 Å². The van der Waals surface area contributed by atoms with Crippen LogP contribution in [0.5, 0.6) is 5.75 Å². The van der Waals surface area contributed by atoms with Crippen LogP contribution in [0.3, 0.4) is 0 Å². The van der Waals surface area contributed by atoms with Crippen molar-refractivity contribution in [2.45, 2.75) is 48.0 Å². The maximum absolute atomic E-state index is 12.9. The van der Waals surface area contributed by atoms with E-state index in [0.717, 1.165) is 49.0 Å². The minimum atomic E-state index is -4.30. The van der Waals surface area contributed by atoms with Gasteiger partial charge in [-0.3, -0.25) is 5.32 Å². The third-order valence-electron chi connectivity index (χ3n) is 6.87. The Kier molecular flexibility index (Phi) is 6.65. The number of fused-ring (bicyclic) bond motifs is 4. The third-order valence-corrected chi connectivity index (χ3v) is 9.10. The molecule has 0 radical (unpaired) electrons. The summed E-state index contributed by atoms with van der Waals surface area (Å²) in [6, 6.07) is 26.3. The first-order chi connectivity index (χ1) is 18.4. The van der Waals surface area contributed by atoms with Crippen molar-refractivity contribution in [3.8, 4) is 16.9 Å². The van der Waals surface area contributed by atoms with Crippen LogP contribution in [0.15, 0.2) is 46.8 Å². The first-order valence-electron chi connectivity index (χ1n) is 12.4. The van der Waals surface area contributed by atoms with Crippen molar-refractivity contribution < 1.29 is 22.6 Å². The lowest BCUT2D eigenvalue weighted by molar-refractivity contribution is -0.126. The van der Waals surface area contributed by atoms with E-state index in [1.165, 1.54) is 0 Å². The number of thioether (sulfide) groups is 1. The number of nitrogens with one attached hydrogen (secondary N) is 1. The van der Waals surface area contributed by atoms with Crippen LogP contribution in [0, 0.1) is 24.3 Å². The van der Waals surface area contributed by atoms with E-state index in [-0.39, 0.29) is 0 Å². The summed E-state index contributed by atoms with van der Waals surface area (Å²) in [5.41, 5.74) is 4.31. The molecule has 0 amide bonds. The Hall–Kier alpha value is -2.95. The Labute approximate surface area is 227 Å². The SMILES string of the molecule is CCOc1c#cc2nc(SCCCC3(C4OC4NCC(F)(F)F)c4c#cccc4-c4ccccc43)sc2c1. The summed E-state index contributed by atoms with van der Waals surface area (Å²) in [4.78, 5) is 4.67. The molecule has 3 unspecified atom stereocenters. The van der Waals surface area contributed by atoms with Gasteiger partial charge in [-0.1, -0.05) is 48.2 Å². The fraction of sp³-hybridized carbons (Fsp3) is 0.345. The molecule has 3 atom stereocenters. The van der Waals surface area contributed by atoms with E-state index in [1.807, 2.05) is 37.3 Å². The minimum absolute atomic E-state index is 0.422. The number of ether oxygens (including phenoxy) is 2. The molecule has 2 aliphatic rings. The van der Waals surface area contributed by atoms with Gasteiger partial charge in [0.25, 0.3) is 0 Å². The summed E-state index contributed by atoms with van der Waals surface area (Å²) >= 11 is 3.26. The number of hydrogen-bond acceptors (Lipinski definition) is 6. The summed E-state index contributed by atoms with van der Waals surface area (Å²) in [5.74, 6) is 1.46. The zero-order valence-electron chi connectivity index (χ0n) is 20.4. The number of aromatic nitrogens is 1. The first-order valence-corrected chi connectivity index (χ1v) is 14.2. The van der Waals surface area contributed by atoms with Gasteiger partial charge in [-0.05, 0) is 60.7 Å². The van der Waals surface area contributed by atoms with Crippen molar-refractivity contribution in [1.29, 1.82) is 0 Å². The molecule has 0 spiro atoms. The second-order valence-electron chi connectivity index (χ2n) is 9.22. The molecule has 2 heterocycles. The number of nitrogens with zero attached hydrogens (tertiary/aromatic N) is 1. The largest absolute Gasteiger partial charge is 0.486 e. The lowest BCUT2D eigenvalue weighted by atomic mass is 9.72. The molecule has 38 heavy (non-hydrogen) atoms. The lowest BCUT2D eigenvalue weighted by Crippen LogP contribution is -2.38. The standard InChI is InChI=1S/C29H23F3N2O2S2/c1-2-35-18-12-13-23-24(16-18)38-27(34-23)37-15-7-14-28(25-26(36-25)33-17-29(30,31)32)21-10-5-3-8-19(21)20-9-4-6-11-22(20)28/h3-5,8-10,16,25-26,33H,2,7,14-15,17H2,1H3. The molecular weight excluding hydrogens is 529 g/mol. The molecule has 194 valence electrons. The maximum Gasteiger partial charge on any atom is 0.401 e. The number of rotatable bonds is 10. The van der Waals surface area contributed by atoms with Crippen LogP contribution >= 0.6 is 23.1 Å². The van der Waals surface area contributed by atoms with Crippen molar-refractivity contribution >= 4 is 33.3 Å². The molecule has 3 aromatic carbocycles. The van der Waals surface area contributed by atoms with Crippen LogP contribution in [0.2, 0.25) is 0 Å². The molecular formula is C29H23F3N2O2S2. The van der Waals surface area contributed by atoms with Crippen LogP contribution in [0.25, 0.3) is 21.3 Å². The average Bonchev–Trinajstić information content (AvgIpc) is 3.49. The summed E-state index contributed by atoms with van der Waals surface area (Å²) in [6.07, 6.45) is -3.89. The number of benzene rings is 1. The molecule has 1 aliphatic carbocycles. The summed E-state index contributed by atoms with van der Waals surface area (Å²) in [5, 5.41) is 2.55. The second kappa shape index (κ2) is 9.98. The normalized spacial score (nSPS) is 18.9. The molecule has 9 heteroatoms. The Morgan fingerprint density at radius 2 is 2.05 bits per heavy atom. The molecule has 0 bridgehead atoms. The van der Waals surface area contributed by atoms with Crippen LogP contribution in [0.4, 0.5) is 13.2 Å². The molecule has 4 nitrogen and oxygen atoms in total. The van der Waals surface area contributed by atoms with Gasteiger partial charge in [0.05, 0.1) is 23.3 Å². The van der Waals surface area contributed by atoms with Gasteiger partial charge < -0.3 is 9.47 Å². The fourth-order valence-corrected chi connectivity index (χ4v) is 7.40. The van der Waals surface area contributed by atoms with E-state index in [2.05, 4.69) is 46.7 Å². The van der Waals surface area contributed by atoms with Gasteiger partial charge in [-0.2, -0.15) is 13.2 Å². The van der Waals surface area contributed by atoms with Crippen molar-refractivity contribution in [2.75, 3.05) is 18.9 Å². The Bertz CT molecular complexity index is 1410. The Balaban J connectivity index is 1.23. The molecule has 1 aliphatic heterocycles. The van der Waals surface area contributed by atoms with Gasteiger partial charge in [0.2, 0.25) is 0 Å². The highest BCUT2D eigenvalue weighted by atomic mass is 32.2. The minimum Gasteiger partial charge on any atom is -0.486 e. The molecule has 1 saturated heterocycles. The molecule has 1 fully saturated rings. The topological polar surface area (TPSA) is 46.7 Å². The molecule has 1 aromatic heterocycles. The number of epoxide rings is 1. The zero-order valence-corrected chi connectivity index (χ0v) is 22.1. The van der Waals surface area contributed by atoms with Gasteiger partial charge >= 0.3 is 6.18 Å². The predicted molar refractivity (Wildman–Crippen MR) is 141 cm³/mol. The summed E-state index contributed by atoms with van der Waals surface area (Å²) in [6.45, 7) is 1.41. The van der Waals surface area contributed by atoms with Crippen molar-refractivity contribution in [2.24, 2.45) is 0 Å². The van der Waals surface area contributed by atoms with Gasteiger partial charge in [0.15, 0.2) is 10.1 Å². The Morgan fingerprint density at radius 3 is 2.89 bits per heavy atom. The number of halogens is 3. The van der Waals surface area contributed by atoms with E-state index in [0.29, 0.717) is 18.8 Å². The maximum atomic E-state index is 12.9. The molecule has 1 N–H and O–H groups in total. The van der Waals surface area contributed by atoms with Gasteiger partial charge in [-0.15, -0.1) is 11.3 Å². The zero-order chi connectivity index (χ0) is 26.3. The average molecular weight is 553 g/mol. The van der Waals surface area contributed by atoms with Gasteiger partial charge in [0.1, 0.15) is 17.8 Å². The number of hydrogen-bond donors (Lipinski definition) is 1. The van der Waals surface area contributed by atoms with Gasteiger partial charge in [-0.25, -0.2) is 4.98 Å². The van der Waals surface area contributed by atoms with E-state index >= 15 is 0 Å². The van der Waals surface area contributed by atoms with Gasteiger partial charge in [0, 0.05) is 17.4 Å². The van der Waals surface area contributed by atoms with Crippen molar-refractivity contribution in [3.05, 3.63) is 77.9 Å². The number of alkyl halides is 3. The quantitative estimate of drug-likeness (QED) is 0.136. The number of thiazole rings is 1.